The normalized spacial score (nSPS) is 15.2. The van der Waals surface area contributed by atoms with Crippen molar-refractivity contribution in [3.05, 3.63) is 59.4 Å². The van der Waals surface area contributed by atoms with E-state index in [1.54, 1.807) is 41.3 Å². The minimum absolute atomic E-state index is 0.0269. The average Bonchev–Trinajstić information content (AvgIpc) is 3.41. The highest BCUT2D eigenvalue weighted by atomic mass is 32.2. The van der Waals surface area contributed by atoms with Crippen LogP contribution in [0.3, 0.4) is 0 Å². The first kappa shape index (κ1) is 35.3. The SMILES string of the molecule is COc1c(NC(=O)c2ccc(C)c(Oc3cc(NC4CCN(C(=O)OC(C)(C)C)C4)ncn3)c2)cc(C(C)(C)C)cc1NS(C)(=O)=O. The monoisotopic (exact) mass is 668 g/mol. The number of likely N-dealkylation sites (tertiary alicyclic amines) is 1. The van der Waals surface area contributed by atoms with Crippen molar-refractivity contribution in [3.8, 4) is 17.4 Å². The molecule has 0 radical (unpaired) electrons. The maximum Gasteiger partial charge on any atom is 0.410 e. The van der Waals surface area contributed by atoms with Crippen molar-refractivity contribution >= 4 is 39.2 Å². The molecule has 47 heavy (non-hydrogen) atoms. The van der Waals surface area contributed by atoms with E-state index in [9.17, 15) is 18.0 Å². The first-order chi connectivity index (χ1) is 21.8. The zero-order valence-corrected chi connectivity index (χ0v) is 29.2. The maximum atomic E-state index is 13.5. The number of hydrogen-bond acceptors (Lipinski definition) is 10. The van der Waals surface area contributed by atoms with Crippen molar-refractivity contribution in [2.24, 2.45) is 0 Å². The number of aromatic nitrogens is 2. The van der Waals surface area contributed by atoms with Crippen molar-refractivity contribution < 1.29 is 32.2 Å². The van der Waals surface area contributed by atoms with Gasteiger partial charge in [-0.25, -0.2) is 23.2 Å². The van der Waals surface area contributed by atoms with Crippen molar-refractivity contribution in [1.82, 2.24) is 14.9 Å². The molecule has 14 heteroatoms. The molecule has 1 aromatic heterocycles. The molecular weight excluding hydrogens is 624 g/mol. The molecule has 1 aliphatic heterocycles. The van der Waals surface area contributed by atoms with E-state index >= 15 is 0 Å². The fraction of sp³-hybridized carbons (Fsp3) is 0.455. The Balaban J connectivity index is 1.51. The van der Waals surface area contributed by atoms with Gasteiger partial charge in [0.1, 0.15) is 23.5 Å². The fourth-order valence-corrected chi connectivity index (χ4v) is 5.41. The molecule has 4 rings (SSSR count). The molecule has 0 spiro atoms. The third kappa shape index (κ3) is 9.70. The van der Waals surface area contributed by atoms with Crippen LogP contribution in [0.1, 0.15) is 69.4 Å². The summed E-state index contributed by atoms with van der Waals surface area (Å²) in [4.78, 5) is 36.2. The molecule has 13 nitrogen and oxygen atoms in total. The standard InChI is InChI=1S/C33H44N6O7S/c1-20-10-11-21(30(40)37-24-15-22(32(2,3)4)16-25(29(24)44-8)38-47(9,42)43)14-26(20)45-28-17-27(34-19-35-28)36-23-12-13-39(18-23)31(41)46-33(5,6)7/h10-11,14-17,19,23,38H,12-13,18H2,1-9H3,(H,37,40)(H,34,35,36). The highest BCUT2D eigenvalue weighted by Gasteiger charge is 2.30. The summed E-state index contributed by atoms with van der Waals surface area (Å²) in [6.07, 6.45) is 2.80. The molecule has 0 saturated carbocycles. The largest absolute Gasteiger partial charge is 0.492 e. The molecule has 2 heterocycles. The number of carbonyl (C=O) groups excluding carboxylic acids is 2. The molecular formula is C33H44N6O7S. The summed E-state index contributed by atoms with van der Waals surface area (Å²) in [6, 6.07) is 10.1. The summed E-state index contributed by atoms with van der Waals surface area (Å²) in [6.45, 7) is 14.3. The van der Waals surface area contributed by atoms with Gasteiger partial charge in [0.05, 0.1) is 24.7 Å². The molecule has 1 fully saturated rings. The summed E-state index contributed by atoms with van der Waals surface area (Å²) in [5.41, 5.74) is 1.46. The van der Waals surface area contributed by atoms with Gasteiger partial charge in [0.25, 0.3) is 5.91 Å². The van der Waals surface area contributed by atoms with Crippen LogP contribution in [0, 0.1) is 6.92 Å². The number of anilines is 3. The number of methoxy groups -OCH3 is 1. The quantitative estimate of drug-likeness (QED) is 0.249. The van der Waals surface area contributed by atoms with Gasteiger partial charge in [-0.1, -0.05) is 26.8 Å². The van der Waals surface area contributed by atoms with Crippen LogP contribution < -0.4 is 24.8 Å². The number of amides is 2. The van der Waals surface area contributed by atoms with Gasteiger partial charge in [-0.3, -0.25) is 9.52 Å². The van der Waals surface area contributed by atoms with Crippen LogP contribution in [-0.2, 0) is 20.2 Å². The van der Waals surface area contributed by atoms with Crippen LogP contribution in [0.5, 0.6) is 17.4 Å². The second kappa shape index (κ2) is 13.6. The topological polar surface area (TPSA) is 161 Å². The van der Waals surface area contributed by atoms with E-state index in [-0.39, 0.29) is 34.9 Å². The van der Waals surface area contributed by atoms with E-state index in [0.717, 1.165) is 23.8 Å². The van der Waals surface area contributed by atoms with Crippen LogP contribution >= 0.6 is 0 Å². The lowest BCUT2D eigenvalue weighted by Gasteiger charge is -2.24. The van der Waals surface area contributed by atoms with E-state index in [4.69, 9.17) is 14.2 Å². The van der Waals surface area contributed by atoms with Crippen LogP contribution in [-0.4, -0.2) is 73.4 Å². The number of rotatable bonds is 9. The lowest BCUT2D eigenvalue weighted by atomic mass is 9.86. The molecule has 1 saturated heterocycles. The molecule has 2 aromatic carbocycles. The number of nitrogens with zero attached hydrogens (tertiary/aromatic N) is 3. The van der Waals surface area contributed by atoms with Crippen molar-refractivity contribution in [3.63, 3.8) is 0 Å². The third-order valence-electron chi connectivity index (χ3n) is 7.20. The molecule has 254 valence electrons. The van der Waals surface area contributed by atoms with Gasteiger partial charge in [-0.2, -0.15) is 0 Å². The number of nitrogens with one attached hydrogen (secondary N) is 3. The van der Waals surface area contributed by atoms with E-state index in [1.807, 2.05) is 48.5 Å². The van der Waals surface area contributed by atoms with E-state index < -0.39 is 21.5 Å². The van der Waals surface area contributed by atoms with E-state index in [2.05, 4.69) is 25.3 Å². The Morgan fingerprint density at radius 3 is 2.34 bits per heavy atom. The summed E-state index contributed by atoms with van der Waals surface area (Å²) in [5, 5.41) is 6.20. The van der Waals surface area contributed by atoms with E-state index in [0.29, 0.717) is 35.9 Å². The van der Waals surface area contributed by atoms with Crippen LogP contribution in [0.15, 0.2) is 42.7 Å². The Morgan fingerprint density at radius 1 is 1.00 bits per heavy atom. The number of aryl methyl sites for hydroxylation is 1. The van der Waals surface area contributed by atoms with Gasteiger partial charge in [-0.15, -0.1) is 0 Å². The lowest BCUT2D eigenvalue weighted by Crippen LogP contribution is -2.36. The molecule has 2 amide bonds. The van der Waals surface area contributed by atoms with Gasteiger partial charge in [0.2, 0.25) is 15.9 Å². The molecule has 0 bridgehead atoms. The zero-order valence-electron chi connectivity index (χ0n) is 28.3. The average molecular weight is 669 g/mol. The van der Waals surface area contributed by atoms with Gasteiger partial charge in [0.15, 0.2) is 5.75 Å². The Labute approximate surface area is 276 Å². The van der Waals surface area contributed by atoms with Gasteiger partial charge in [0, 0.05) is 30.8 Å². The number of carbonyl (C=O) groups is 2. The minimum Gasteiger partial charge on any atom is -0.492 e. The fourth-order valence-electron chi connectivity index (χ4n) is 4.86. The number of hydrogen-bond donors (Lipinski definition) is 3. The maximum absolute atomic E-state index is 13.5. The Kier molecular flexibility index (Phi) is 10.2. The zero-order chi connectivity index (χ0) is 34.7. The summed E-state index contributed by atoms with van der Waals surface area (Å²) >= 11 is 0. The molecule has 3 aromatic rings. The van der Waals surface area contributed by atoms with Crippen molar-refractivity contribution in [1.29, 1.82) is 0 Å². The first-order valence-corrected chi connectivity index (χ1v) is 17.1. The van der Waals surface area contributed by atoms with Crippen molar-refractivity contribution in [2.75, 3.05) is 41.8 Å². The highest BCUT2D eigenvalue weighted by Crippen LogP contribution is 2.39. The number of benzene rings is 2. The van der Waals surface area contributed by atoms with Crippen LogP contribution in [0.25, 0.3) is 0 Å². The first-order valence-electron chi connectivity index (χ1n) is 15.2. The molecule has 1 atom stereocenters. The Bertz CT molecular complexity index is 1750. The predicted octanol–water partition coefficient (Wildman–Crippen LogP) is 5.93. The predicted molar refractivity (Wildman–Crippen MR) is 181 cm³/mol. The van der Waals surface area contributed by atoms with Crippen LogP contribution in [0.2, 0.25) is 0 Å². The summed E-state index contributed by atoms with van der Waals surface area (Å²) in [7, 11) is -2.22. The molecule has 3 N–H and O–H groups in total. The Morgan fingerprint density at radius 2 is 1.70 bits per heavy atom. The van der Waals surface area contributed by atoms with Crippen molar-refractivity contribution in [2.45, 2.75) is 71.9 Å². The summed E-state index contributed by atoms with van der Waals surface area (Å²) < 4.78 is 43.8. The molecule has 0 aliphatic carbocycles. The van der Waals surface area contributed by atoms with Gasteiger partial charge in [-0.05, 0) is 74.9 Å². The minimum atomic E-state index is -3.63. The van der Waals surface area contributed by atoms with Gasteiger partial charge >= 0.3 is 6.09 Å². The molecule has 1 unspecified atom stereocenters. The summed E-state index contributed by atoms with van der Waals surface area (Å²) in [5.74, 6) is 0.931. The molecule has 1 aliphatic rings. The number of ether oxygens (including phenoxy) is 3. The van der Waals surface area contributed by atoms with Gasteiger partial charge < -0.3 is 29.7 Å². The Hall–Kier alpha value is -4.59. The van der Waals surface area contributed by atoms with E-state index in [1.165, 1.54) is 13.4 Å². The smallest absolute Gasteiger partial charge is 0.410 e. The third-order valence-corrected chi connectivity index (χ3v) is 7.79. The lowest BCUT2D eigenvalue weighted by molar-refractivity contribution is 0.0293. The second-order valence-corrected chi connectivity index (χ2v) is 15.3. The highest BCUT2D eigenvalue weighted by molar-refractivity contribution is 7.92. The second-order valence-electron chi connectivity index (χ2n) is 13.6. The number of sulfonamides is 1. The van der Waals surface area contributed by atoms with Crippen LogP contribution in [0.4, 0.5) is 22.0 Å².